The number of anilines is 1. The number of nitrogens with one attached hydrogen (secondary N) is 1. The van der Waals surface area contributed by atoms with Gasteiger partial charge in [-0.05, 0) is 31.0 Å². The Morgan fingerprint density at radius 1 is 1.30 bits per heavy atom. The highest BCUT2D eigenvalue weighted by Gasteiger charge is 2.19. The molecule has 2 heterocycles. The molecule has 1 aliphatic rings. The van der Waals surface area contributed by atoms with Gasteiger partial charge in [-0.25, -0.2) is 8.78 Å². The highest BCUT2D eigenvalue weighted by molar-refractivity contribution is 5.64. The van der Waals surface area contributed by atoms with Crippen LogP contribution in [0.2, 0.25) is 0 Å². The fourth-order valence-electron chi connectivity index (χ4n) is 2.53. The monoisotopic (exact) mass is 278 g/mol. The van der Waals surface area contributed by atoms with E-state index in [4.69, 9.17) is 5.73 Å². The normalized spacial score (nSPS) is 19.4. The quantitative estimate of drug-likeness (QED) is 0.886. The van der Waals surface area contributed by atoms with Gasteiger partial charge in [-0.2, -0.15) is 5.10 Å². The third-order valence-electron chi connectivity index (χ3n) is 3.56. The van der Waals surface area contributed by atoms with E-state index in [0.717, 1.165) is 49.9 Å². The van der Waals surface area contributed by atoms with Gasteiger partial charge in [0.05, 0.1) is 5.69 Å². The number of aromatic nitrogens is 2. The zero-order valence-corrected chi connectivity index (χ0v) is 10.9. The van der Waals surface area contributed by atoms with Gasteiger partial charge in [0.1, 0.15) is 11.6 Å². The molecular weight excluding hydrogens is 262 g/mol. The van der Waals surface area contributed by atoms with Crippen LogP contribution in [0.15, 0.2) is 24.3 Å². The first-order valence-corrected chi connectivity index (χ1v) is 6.65. The molecule has 3 rings (SSSR count). The van der Waals surface area contributed by atoms with Crippen LogP contribution >= 0.6 is 0 Å². The van der Waals surface area contributed by atoms with E-state index in [1.165, 1.54) is 0 Å². The molecule has 0 amide bonds. The fraction of sp³-hybridized carbons (Fsp3) is 0.357. The molecule has 0 aliphatic carbocycles. The van der Waals surface area contributed by atoms with Gasteiger partial charge in [0, 0.05) is 30.8 Å². The first kappa shape index (κ1) is 13.1. The highest BCUT2D eigenvalue weighted by Crippen LogP contribution is 2.26. The van der Waals surface area contributed by atoms with Crippen molar-refractivity contribution in [3.05, 3.63) is 35.9 Å². The standard InChI is InChI=1S/C14H16F2N4/c15-9-3-4-12(16)11(6-9)13-7-14(19-18-13)20-5-1-2-10(17)8-20/h3-4,6-7,10H,1-2,5,8,17H2,(H,18,19). The molecule has 0 saturated carbocycles. The Morgan fingerprint density at radius 2 is 2.15 bits per heavy atom. The largest absolute Gasteiger partial charge is 0.354 e. The van der Waals surface area contributed by atoms with E-state index in [-0.39, 0.29) is 11.6 Å². The second kappa shape index (κ2) is 5.20. The van der Waals surface area contributed by atoms with Crippen LogP contribution in [0.3, 0.4) is 0 Å². The summed E-state index contributed by atoms with van der Waals surface area (Å²) in [6, 6.07) is 5.24. The van der Waals surface area contributed by atoms with Crippen LogP contribution in [0, 0.1) is 11.6 Å². The summed E-state index contributed by atoms with van der Waals surface area (Å²) in [7, 11) is 0. The molecule has 0 spiro atoms. The predicted octanol–water partition coefficient (Wildman–Crippen LogP) is 2.28. The molecule has 1 aliphatic heterocycles. The molecule has 2 aromatic rings. The number of nitrogens with zero attached hydrogens (tertiary/aromatic N) is 2. The molecule has 3 N–H and O–H groups in total. The maximum Gasteiger partial charge on any atom is 0.151 e. The number of nitrogens with two attached hydrogens (primary N) is 1. The predicted molar refractivity (Wildman–Crippen MR) is 73.4 cm³/mol. The number of rotatable bonds is 2. The second-order valence-electron chi connectivity index (χ2n) is 5.11. The van der Waals surface area contributed by atoms with Gasteiger partial charge in [0.2, 0.25) is 0 Å². The average Bonchev–Trinajstić information content (AvgIpc) is 2.91. The van der Waals surface area contributed by atoms with E-state index in [9.17, 15) is 8.78 Å². The van der Waals surface area contributed by atoms with Crippen LogP contribution in [-0.2, 0) is 0 Å². The number of hydrogen-bond donors (Lipinski definition) is 2. The zero-order valence-electron chi connectivity index (χ0n) is 10.9. The van der Waals surface area contributed by atoms with Crippen LogP contribution in [0.5, 0.6) is 0 Å². The minimum absolute atomic E-state index is 0.134. The van der Waals surface area contributed by atoms with Crippen molar-refractivity contribution in [2.45, 2.75) is 18.9 Å². The molecule has 1 unspecified atom stereocenters. The Bertz CT molecular complexity index is 611. The zero-order chi connectivity index (χ0) is 14.1. The Morgan fingerprint density at radius 3 is 2.95 bits per heavy atom. The minimum atomic E-state index is -0.475. The maximum atomic E-state index is 13.7. The van der Waals surface area contributed by atoms with Crippen molar-refractivity contribution in [1.29, 1.82) is 0 Å². The van der Waals surface area contributed by atoms with Crippen LogP contribution in [0.1, 0.15) is 12.8 Å². The Hall–Kier alpha value is -1.95. The first-order chi connectivity index (χ1) is 9.63. The second-order valence-corrected chi connectivity index (χ2v) is 5.11. The molecule has 1 atom stereocenters. The van der Waals surface area contributed by atoms with Crippen molar-refractivity contribution in [2.24, 2.45) is 5.73 Å². The topological polar surface area (TPSA) is 57.9 Å². The number of hydrogen-bond acceptors (Lipinski definition) is 3. The molecule has 0 bridgehead atoms. The van der Waals surface area contributed by atoms with Crippen molar-refractivity contribution in [2.75, 3.05) is 18.0 Å². The van der Waals surface area contributed by atoms with E-state index >= 15 is 0 Å². The van der Waals surface area contributed by atoms with Gasteiger partial charge in [-0.3, -0.25) is 5.10 Å². The number of halogens is 2. The molecule has 4 nitrogen and oxygen atoms in total. The van der Waals surface area contributed by atoms with Gasteiger partial charge >= 0.3 is 0 Å². The number of H-pyrrole nitrogens is 1. The smallest absolute Gasteiger partial charge is 0.151 e. The van der Waals surface area contributed by atoms with Crippen molar-refractivity contribution >= 4 is 5.82 Å². The van der Waals surface area contributed by atoms with Gasteiger partial charge < -0.3 is 10.6 Å². The van der Waals surface area contributed by atoms with Gasteiger partial charge in [0.25, 0.3) is 0 Å². The summed E-state index contributed by atoms with van der Waals surface area (Å²) in [5.74, 6) is -0.228. The van der Waals surface area contributed by atoms with Crippen LogP contribution in [0.25, 0.3) is 11.3 Å². The molecule has 20 heavy (non-hydrogen) atoms. The summed E-state index contributed by atoms with van der Waals surface area (Å²) < 4.78 is 26.9. The lowest BCUT2D eigenvalue weighted by molar-refractivity contribution is 0.503. The third kappa shape index (κ3) is 2.51. The first-order valence-electron chi connectivity index (χ1n) is 6.65. The van der Waals surface area contributed by atoms with Gasteiger partial charge in [-0.1, -0.05) is 0 Å². The van der Waals surface area contributed by atoms with Crippen LogP contribution < -0.4 is 10.6 Å². The summed E-state index contributed by atoms with van der Waals surface area (Å²) in [5.41, 5.74) is 6.59. The lowest BCUT2D eigenvalue weighted by Gasteiger charge is -2.30. The van der Waals surface area contributed by atoms with Gasteiger partial charge in [0.15, 0.2) is 5.82 Å². The SMILES string of the molecule is NC1CCCN(c2cc(-c3cc(F)ccc3F)[nH]n2)C1. The average molecular weight is 278 g/mol. The van der Waals surface area contributed by atoms with Crippen molar-refractivity contribution < 1.29 is 8.78 Å². The number of aromatic amines is 1. The lowest BCUT2D eigenvalue weighted by Crippen LogP contribution is -2.43. The summed E-state index contributed by atoms with van der Waals surface area (Å²) in [6.45, 7) is 1.61. The van der Waals surface area contributed by atoms with Crippen molar-refractivity contribution in [3.8, 4) is 11.3 Å². The van der Waals surface area contributed by atoms with E-state index in [1.807, 2.05) is 0 Å². The highest BCUT2D eigenvalue weighted by atomic mass is 19.1. The summed E-state index contributed by atoms with van der Waals surface area (Å²) in [4.78, 5) is 2.06. The molecule has 1 aromatic heterocycles. The van der Waals surface area contributed by atoms with Crippen molar-refractivity contribution in [1.82, 2.24) is 10.2 Å². The van der Waals surface area contributed by atoms with E-state index < -0.39 is 11.6 Å². The maximum absolute atomic E-state index is 13.7. The van der Waals surface area contributed by atoms with Crippen molar-refractivity contribution in [3.63, 3.8) is 0 Å². The molecule has 1 aromatic carbocycles. The molecule has 1 saturated heterocycles. The summed E-state index contributed by atoms with van der Waals surface area (Å²) in [6.07, 6.45) is 2.02. The van der Waals surface area contributed by atoms with Crippen LogP contribution in [-0.4, -0.2) is 29.3 Å². The molecular formula is C14H16F2N4. The molecule has 0 radical (unpaired) electrons. The van der Waals surface area contributed by atoms with E-state index in [1.54, 1.807) is 6.07 Å². The summed E-state index contributed by atoms with van der Waals surface area (Å²) >= 11 is 0. The Kier molecular flexibility index (Phi) is 3.40. The fourth-order valence-corrected chi connectivity index (χ4v) is 2.53. The third-order valence-corrected chi connectivity index (χ3v) is 3.56. The van der Waals surface area contributed by atoms with E-state index in [0.29, 0.717) is 5.69 Å². The van der Waals surface area contributed by atoms with E-state index in [2.05, 4.69) is 15.1 Å². The summed E-state index contributed by atoms with van der Waals surface area (Å²) in [5, 5.41) is 6.94. The molecule has 1 fully saturated rings. The Balaban J connectivity index is 1.88. The number of benzene rings is 1. The Labute approximate surface area is 115 Å². The number of piperidine rings is 1. The molecule has 106 valence electrons. The van der Waals surface area contributed by atoms with Crippen LogP contribution in [0.4, 0.5) is 14.6 Å². The molecule has 6 heteroatoms. The lowest BCUT2D eigenvalue weighted by atomic mass is 10.1. The van der Waals surface area contributed by atoms with Gasteiger partial charge in [-0.15, -0.1) is 0 Å². The minimum Gasteiger partial charge on any atom is -0.354 e.